The summed E-state index contributed by atoms with van der Waals surface area (Å²) < 4.78 is 52.5. The minimum atomic E-state index is -4.55. The number of amides is 1. The van der Waals surface area contributed by atoms with Gasteiger partial charge in [0.2, 0.25) is 0 Å². The van der Waals surface area contributed by atoms with E-state index in [0.29, 0.717) is 5.69 Å². The maximum atomic E-state index is 13.8. The number of pyridine rings is 1. The lowest BCUT2D eigenvalue weighted by molar-refractivity contribution is -0.138. The molecule has 0 spiro atoms. The van der Waals surface area contributed by atoms with E-state index in [9.17, 15) is 22.4 Å². The van der Waals surface area contributed by atoms with Gasteiger partial charge in [-0.25, -0.2) is 4.39 Å². The van der Waals surface area contributed by atoms with E-state index in [1.807, 2.05) is 0 Å². The quantitative estimate of drug-likeness (QED) is 0.515. The molecule has 1 N–H and O–H groups in total. The van der Waals surface area contributed by atoms with Gasteiger partial charge in [-0.2, -0.15) is 13.2 Å². The Morgan fingerprint density at radius 1 is 1.04 bits per heavy atom. The molecule has 0 saturated carbocycles. The number of rotatable bonds is 3. The highest BCUT2D eigenvalue weighted by Crippen LogP contribution is 2.36. The first kappa shape index (κ1) is 19.0. The molecule has 3 nitrogen and oxygen atoms in total. The molecule has 0 saturated heterocycles. The van der Waals surface area contributed by atoms with Gasteiger partial charge < -0.3 is 5.32 Å². The lowest BCUT2D eigenvalue weighted by Crippen LogP contribution is -2.14. The van der Waals surface area contributed by atoms with Crippen LogP contribution >= 0.6 is 15.9 Å². The molecule has 138 valence electrons. The van der Waals surface area contributed by atoms with Crippen LogP contribution in [-0.4, -0.2) is 10.9 Å². The molecule has 0 aliphatic rings. The first-order valence-corrected chi connectivity index (χ1v) is 8.44. The number of nitrogens with zero attached hydrogens (tertiary/aromatic N) is 1. The summed E-state index contributed by atoms with van der Waals surface area (Å²) in [5.41, 5.74) is -0.145. The zero-order valence-electron chi connectivity index (χ0n) is 13.5. The van der Waals surface area contributed by atoms with Gasteiger partial charge >= 0.3 is 6.18 Å². The number of alkyl halides is 3. The molecule has 2 aromatic carbocycles. The second kappa shape index (κ2) is 7.48. The standard InChI is InChI=1S/C19H11BrF4N2O/c20-15-7-6-12(9-14(15)19(22,23)24)26-18(27)11-5-8-17(25-10-11)13-3-1-2-4-16(13)21/h1-10H,(H,26,27). The molecule has 0 aliphatic carbocycles. The van der Waals surface area contributed by atoms with Gasteiger partial charge in [-0.05, 0) is 42.5 Å². The van der Waals surface area contributed by atoms with E-state index in [1.54, 1.807) is 18.2 Å². The van der Waals surface area contributed by atoms with E-state index in [1.165, 1.54) is 36.5 Å². The van der Waals surface area contributed by atoms with Crippen LogP contribution < -0.4 is 5.32 Å². The van der Waals surface area contributed by atoms with Crippen molar-refractivity contribution in [3.63, 3.8) is 0 Å². The zero-order chi connectivity index (χ0) is 19.6. The van der Waals surface area contributed by atoms with Crippen LogP contribution in [0.25, 0.3) is 11.3 Å². The first-order chi connectivity index (χ1) is 12.8. The molecule has 0 atom stereocenters. The molecule has 1 aromatic heterocycles. The van der Waals surface area contributed by atoms with Crippen LogP contribution in [0.1, 0.15) is 15.9 Å². The van der Waals surface area contributed by atoms with E-state index in [0.717, 1.165) is 6.07 Å². The van der Waals surface area contributed by atoms with Crippen LogP contribution in [-0.2, 0) is 6.18 Å². The van der Waals surface area contributed by atoms with E-state index in [-0.39, 0.29) is 21.3 Å². The Morgan fingerprint density at radius 3 is 2.41 bits per heavy atom. The molecule has 27 heavy (non-hydrogen) atoms. The summed E-state index contributed by atoms with van der Waals surface area (Å²) >= 11 is 2.84. The number of hydrogen-bond acceptors (Lipinski definition) is 2. The molecule has 8 heteroatoms. The molecule has 3 aromatic rings. The van der Waals surface area contributed by atoms with E-state index < -0.39 is 23.5 Å². The minimum Gasteiger partial charge on any atom is -0.322 e. The number of carbonyl (C=O) groups excluding carboxylic acids is 1. The highest BCUT2D eigenvalue weighted by atomic mass is 79.9. The maximum Gasteiger partial charge on any atom is 0.417 e. The van der Waals surface area contributed by atoms with Crippen molar-refractivity contribution in [2.45, 2.75) is 6.18 Å². The number of benzene rings is 2. The summed E-state index contributed by atoms with van der Waals surface area (Å²) in [6.45, 7) is 0. The Kier molecular flexibility index (Phi) is 5.27. The third kappa shape index (κ3) is 4.33. The summed E-state index contributed by atoms with van der Waals surface area (Å²) in [4.78, 5) is 16.3. The second-order valence-corrected chi connectivity index (χ2v) is 6.41. The van der Waals surface area contributed by atoms with Crippen molar-refractivity contribution in [2.24, 2.45) is 0 Å². The molecule has 0 fully saturated rings. The van der Waals surface area contributed by atoms with Crippen LogP contribution in [0, 0.1) is 5.82 Å². The summed E-state index contributed by atoms with van der Waals surface area (Å²) in [6.07, 6.45) is -3.32. The normalized spacial score (nSPS) is 11.3. The van der Waals surface area contributed by atoms with Gasteiger partial charge in [0.1, 0.15) is 5.82 Å². The third-order valence-corrected chi connectivity index (χ3v) is 4.40. The van der Waals surface area contributed by atoms with Crippen LogP contribution in [0.2, 0.25) is 0 Å². The fourth-order valence-corrected chi connectivity index (χ4v) is 2.85. The predicted molar refractivity (Wildman–Crippen MR) is 96.7 cm³/mol. The SMILES string of the molecule is O=C(Nc1ccc(Br)c(C(F)(F)F)c1)c1ccc(-c2ccccc2F)nc1. The first-order valence-electron chi connectivity index (χ1n) is 7.65. The predicted octanol–water partition coefficient (Wildman–Crippen LogP) is 5.92. The molecule has 0 bridgehead atoms. The number of hydrogen-bond donors (Lipinski definition) is 1. The monoisotopic (exact) mass is 438 g/mol. The summed E-state index contributed by atoms with van der Waals surface area (Å²) in [6, 6.07) is 12.3. The van der Waals surface area contributed by atoms with Gasteiger partial charge in [-0.1, -0.05) is 28.1 Å². The van der Waals surface area contributed by atoms with Crippen LogP contribution in [0.4, 0.5) is 23.2 Å². The number of nitrogens with one attached hydrogen (secondary N) is 1. The highest BCUT2D eigenvalue weighted by molar-refractivity contribution is 9.10. The molecular formula is C19H11BrF4N2O. The van der Waals surface area contributed by atoms with Gasteiger partial charge in [-0.3, -0.25) is 9.78 Å². The second-order valence-electron chi connectivity index (χ2n) is 5.56. The number of carbonyl (C=O) groups is 1. The largest absolute Gasteiger partial charge is 0.417 e. The van der Waals surface area contributed by atoms with Gasteiger partial charge in [-0.15, -0.1) is 0 Å². The zero-order valence-corrected chi connectivity index (χ0v) is 15.1. The van der Waals surface area contributed by atoms with E-state index in [4.69, 9.17) is 0 Å². The van der Waals surface area contributed by atoms with Crippen molar-refractivity contribution in [1.29, 1.82) is 0 Å². The number of anilines is 1. The smallest absolute Gasteiger partial charge is 0.322 e. The van der Waals surface area contributed by atoms with Crippen LogP contribution in [0.3, 0.4) is 0 Å². The van der Waals surface area contributed by atoms with Crippen LogP contribution in [0.5, 0.6) is 0 Å². The van der Waals surface area contributed by atoms with Crippen LogP contribution in [0.15, 0.2) is 65.3 Å². The Morgan fingerprint density at radius 2 is 1.78 bits per heavy atom. The lowest BCUT2D eigenvalue weighted by Gasteiger charge is -2.12. The Labute approximate surface area is 160 Å². The fraction of sp³-hybridized carbons (Fsp3) is 0.0526. The number of halogens is 5. The van der Waals surface area contributed by atoms with Crippen molar-refractivity contribution in [3.8, 4) is 11.3 Å². The average molecular weight is 439 g/mol. The van der Waals surface area contributed by atoms with Gasteiger partial charge in [0.15, 0.2) is 0 Å². The molecule has 1 heterocycles. The Balaban J connectivity index is 1.80. The molecule has 3 rings (SSSR count). The van der Waals surface area contributed by atoms with E-state index >= 15 is 0 Å². The van der Waals surface area contributed by atoms with Crippen molar-refractivity contribution in [2.75, 3.05) is 5.32 Å². The molecule has 0 aliphatic heterocycles. The van der Waals surface area contributed by atoms with Crippen molar-refractivity contribution < 1.29 is 22.4 Å². The average Bonchev–Trinajstić information content (AvgIpc) is 2.63. The van der Waals surface area contributed by atoms with Crippen molar-refractivity contribution in [1.82, 2.24) is 4.98 Å². The summed E-state index contributed by atoms with van der Waals surface area (Å²) in [5, 5.41) is 2.39. The fourth-order valence-electron chi connectivity index (χ4n) is 2.38. The molecule has 1 amide bonds. The van der Waals surface area contributed by atoms with Crippen molar-refractivity contribution >= 4 is 27.5 Å². The molecule has 0 unspecified atom stereocenters. The Hall–Kier alpha value is -2.74. The van der Waals surface area contributed by atoms with Crippen molar-refractivity contribution in [3.05, 3.63) is 82.2 Å². The van der Waals surface area contributed by atoms with Gasteiger partial charge in [0.25, 0.3) is 5.91 Å². The maximum absolute atomic E-state index is 13.8. The summed E-state index contributed by atoms with van der Waals surface area (Å²) in [5.74, 6) is -1.07. The van der Waals surface area contributed by atoms with E-state index in [2.05, 4.69) is 26.2 Å². The van der Waals surface area contributed by atoms with Gasteiger partial charge in [0, 0.05) is 21.9 Å². The minimum absolute atomic E-state index is 0.00583. The third-order valence-electron chi connectivity index (χ3n) is 3.71. The Bertz CT molecular complexity index is 988. The summed E-state index contributed by atoms with van der Waals surface area (Å²) in [7, 11) is 0. The highest BCUT2D eigenvalue weighted by Gasteiger charge is 2.33. The number of aromatic nitrogens is 1. The topological polar surface area (TPSA) is 42.0 Å². The lowest BCUT2D eigenvalue weighted by atomic mass is 10.1. The van der Waals surface area contributed by atoms with Gasteiger partial charge in [0.05, 0.1) is 16.8 Å². The molecular weight excluding hydrogens is 428 g/mol. The molecule has 0 radical (unpaired) electrons.